The molecule has 1 aromatic heterocycles. The SMILES string of the molecule is COc1cccnc1C(NN)C1CSc2ccccc21. The van der Waals surface area contributed by atoms with Crippen LogP contribution < -0.4 is 16.0 Å². The van der Waals surface area contributed by atoms with Crippen molar-refractivity contribution in [2.24, 2.45) is 5.84 Å². The number of hydrogen-bond donors (Lipinski definition) is 2. The molecule has 0 aliphatic carbocycles. The van der Waals surface area contributed by atoms with E-state index < -0.39 is 0 Å². The fourth-order valence-electron chi connectivity index (χ4n) is 2.66. The average molecular weight is 287 g/mol. The van der Waals surface area contributed by atoms with Gasteiger partial charge in [-0.15, -0.1) is 11.8 Å². The number of hydrazine groups is 1. The van der Waals surface area contributed by atoms with E-state index in [0.717, 1.165) is 17.2 Å². The molecule has 1 aliphatic rings. The molecule has 0 saturated heterocycles. The fraction of sp³-hybridized carbons (Fsp3) is 0.267. The van der Waals surface area contributed by atoms with E-state index in [1.807, 2.05) is 23.9 Å². The highest BCUT2D eigenvalue weighted by Gasteiger charge is 2.32. The van der Waals surface area contributed by atoms with E-state index in [9.17, 15) is 0 Å². The van der Waals surface area contributed by atoms with E-state index in [1.54, 1.807) is 13.3 Å². The van der Waals surface area contributed by atoms with Crippen molar-refractivity contribution in [1.82, 2.24) is 10.4 Å². The molecule has 2 heterocycles. The number of rotatable bonds is 4. The Morgan fingerprint density at radius 1 is 1.35 bits per heavy atom. The van der Waals surface area contributed by atoms with Crippen LogP contribution in [-0.2, 0) is 0 Å². The summed E-state index contributed by atoms with van der Waals surface area (Å²) >= 11 is 1.86. The molecule has 0 fully saturated rings. The van der Waals surface area contributed by atoms with Crippen molar-refractivity contribution in [3.63, 3.8) is 0 Å². The van der Waals surface area contributed by atoms with Gasteiger partial charge in [0.05, 0.1) is 13.2 Å². The van der Waals surface area contributed by atoms with Gasteiger partial charge in [0.2, 0.25) is 0 Å². The molecule has 2 unspecified atom stereocenters. The number of pyridine rings is 1. The molecule has 3 rings (SSSR count). The number of benzene rings is 1. The van der Waals surface area contributed by atoms with Crippen LogP contribution in [-0.4, -0.2) is 17.8 Å². The topological polar surface area (TPSA) is 60.2 Å². The van der Waals surface area contributed by atoms with Gasteiger partial charge in [-0.25, -0.2) is 0 Å². The predicted molar refractivity (Wildman–Crippen MR) is 80.8 cm³/mol. The van der Waals surface area contributed by atoms with E-state index in [4.69, 9.17) is 10.6 Å². The standard InChI is InChI=1S/C15H17N3OS/c1-19-12-6-4-8-17-15(12)14(18-16)11-9-20-13-7-3-2-5-10(11)13/h2-8,11,14,18H,9,16H2,1H3. The summed E-state index contributed by atoms with van der Waals surface area (Å²) < 4.78 is 5.41. The summed E-state index contributed by atoms with van der Waals surface area (Å²) in [4.78, 5) is 5.79. The number of thioether (sulfide) groups is 1. The van der Waals surface area contributed by atoms with Crippen molar-refractivity contribution in [2.45, 2.75) is 16.9 Å². The van der Waals surface area contributed by atoms with Gasteiger partial charge in [0.15, 0.2) is 0 Å². The largest absolute Gasteiger partial charge is 0.495 e. The van der Waals surface area contributed by atoms with Crippen molar-refractivity contribution in [1.29, 1.82) is 0 Å². The maximum atomic E-state index is 5.81. The third-order valence-corrected chi connectivity index (χ3v) is 4.84. The van der Waals surface area contributed by atoms with Crippen LogP contribution in [0.1, 0.15) is 23.2 Å². The minimum absolute atomic E-state index is 0.0534. The Bertz CT molecular complexity index is 605. The highest BCUT2D eigenvalue weighted by Crippen LogP contribution is 2.46. The van der Waals surface area contributed by atoms with Crippen LogP contribution in [0.5, 0.6) is 5.75 Å². The molecule has 0 bridgehead atoms. The first-order valence-corrected chi connectivity index (χ1v) is 7.50. The van der Waals surface area contributed by atoms with Crippen molar-refractivity contribution < 1.29 is 4.74 Å². The fourth-order valence-corrected chi connectivity index (χ4v) is 3.95. The maximum absolute atomic E-state index is 5.81. The number of nitrogens with two attached hydrogens (primary N) is 1. The van der Waals surface area contributed by atoms with Gasteiger partial charge in [-0.2, -0.15) is 0 Å². The van der Waals surface area contributed by atoms with E-state index in [2.05, 4.69) is 34.7 Å². The molecule has 104 valence electrons. The number of methoxy groups -OCH3 is 1. The van der Waals surface area contributed by atoms with E-state index in [-0.39, 0.29) is 6.04 Å². The second-order valence-electron chi connectivity index (χ2n) is 4.69. The number of fused-ring (bicyclic) bond motifs is 1. The number of hydrogen-bond acceptors (Lipinski definition) is 5. The van der Waals surface area contributed by atoms with Gasteiger partial charge in [-0.1, -0.05) is 18.2 Å². The van der Waals surface area contributed by atoms with Gasteiger partial charge >= 0.3 is 0 Å². The molecule has 0 saturated carbocycles. The lowest BCUT2D eigenvalue weighted by Gasteiger charge is -2.24. The highest BCUT2D eigenvalue weighted by molar-refractivity contribution is 7.99. The Labute approximate surface area is 122 Å². The Hall–Kier alpha value is -1.56. The first-order chi connectivity index (χ1) is 9.85. The number of ether oxygens (including phenoxy) is 1. The van der Waals surface area contributed by atoms with Crippen molar-refractivity contribution in [2.75, 3.05) is 12.9 Å². The minimum atomic E-state index is -0.0534. The van der Waals surface area contributed by atoms with E-state index in [0.29, 0.717) is 5.92 Å². The van der Waals surface area contributed by atoms with Crippen molar-refractivity contribution in [3.8, 4) is 5.75 Å². The van der Waals surface area contributed by atoms with Crippen LogP contribution in [0, 0.1) is 0 Å². The molecule has 1 aromatic carbocycles. The molecule has 4 nitrogen and oxygen atoms in total. The minimum Gasteiger partial charge on any atom is -0.495 e. The number of aromatic nitrogens is 1. The zero-order chi connectivity index (χ0) is 13.9. The van der Waals surface area contributed by atoms with Gasteiger partial charge < -0.3 is 4.74 Å². The molecule has 0 radical (unpaired) electrons. The molecule has 5 heteroatoms. The quantitative estimate of drug-likeness (QED) is 0.668. The Morgan fingerprint density at radius 3 is 3.00 bits per heavy atom. The molecule has 20 heavy (non-hydrogen) atoms. The van der Waals surface area contributed by atoms with Crippen LogP contribution in [0.2, 0.25) is 0 Å². The second kappa shape index (κ2) is 5.83. The van der Waals surface area contributed by atoms with E-state index >= 15 is 0 Å². The van der Waals surface area contributed by atoms with Crippen molar-refractivity contribution in [3.05, 3.63) is 53.9 Å². The summed E-state index contributed by atoms with van der Waals surface area (Å²) in [6.07, 6.45) is 1.77. The lowest BCUT2D eigenvalue weighted by atomic mass is 9.91. The molecular weight excluding hydrogens is 270 g/mol. The molecule has 2 aromatic rings. The molecular formula is C15H17N3OS. The van der Waals surface area contributed by atoms with Gasteiger partial charge in [0.1, 0.15) is 11.4 Å². The van der Waals surface area contributed by atoms with Gasteiger partial charge in [0.25, 0.3) is 0 Å². The summed E-state index contributed by atoms with van der Waals surface area (Å²) in [6.45, 7) is 0. The Kier molecular flexibility index (Phi) is 3.91. The van der Waals surface area contributed by atoms with Crippen molar-refractivity contribution >= 4 is 11.8 Å². The smallest absolute Gasteiger partial charge is 0.142 e. The summed E-state index contributed by atoms with van der Waals surface area (Å²) in [5.74, 6) is 7.87. The molecule has 0 spiro atoms. The predicted octanol–water partition coefficient (Wildman–Crippen LogP) is 2.48. The first-order valence-electron chi connectivity index (χ1n) is 6.52. The van der Waals surface area contributed by atoms with Gasteiger partial charge in [-0.3, -0.25) is 16.3 Å². The maximum Gasteiger partial charge on any atom is 0.142 e. The van der Waals surface area contributed by atoms with Crippen LogP contribution in [0.15, 0.2) is 47.5 Å². The lowest BCUT2D eigenvalue weighted by molar-refractivity contribution is 0.385. The zero-order valence-electron chi connectivity index (χ0n) is 11.2. The number of nitrogens with one attached hydrogen (secondary N) is 1. The monoisotopic (exact) mass is 287 g/mol. The van der Waals surface area contributed by atoms with Crippen LogP contribution >= 0.6 is 11.8 Å². The summed E-state index contributed by atoms with van der Waals surface area (Å²) in [5.41, 5.74) is 5.11. The zero-order valence-corrected chi connectivity index (χ0v) is 12.1. The van der Waals surface area contributed by atoms with E-state index in [1.165, 1.54) is 10.5 Å². The summed E-state index contributed by atoms with van der Waals surface area (Å²) in [7, 11) is 1.66. The first kappa shape index (κ1) is 13.4. The Morgan fingerprint density at radius 2 is 2.20 bits per heavy atom. The average Bonchev–Trinajstić information content (AvgIpc) is 2.93. The third-order valence-electron chi connectivity index (χ3n) is 3.63. The van der Waals surface area contributed by atoms with Gasteiger partial charge in [-0.05, 0) is 23.8 Å². The molecule has 1 aliphatic heterocycles. The van der Waals surface area contributed by atoms with Crippen LogP contribution in [0.4, 0.5) is 0 Å². The normalized spacial score (nSPS) is 18.6. The van der Waals surface area contributed by atoms with Crippen LogP contribution in [0.25, 0.3) is 0 Å². The highest BCUT2D eigenvalue weighted by atomic mass is 32.2. The third kappa shape index (κ3) is 2.28. The number of nitrogens with zero attached hydrogens (tertiary/aromatic N) is 1. The summed E-state index contributed by atoms with van der Waals surface area (Å²) in [6, 6.07) is 12.2. The molecule has 0 amide bonds. The lowest BCUT2D eigenvalue weighted by Crippen LogP contribution is -2.33. The molecule has 2 atom stereocenters. The van der Waals surface area contributed by atoms with Gasteiger partial charge in [0, 0.05) is 22.8 Å². The second-order valence-corrected chi connectivity index (χ2v) is 5.75. The molecule has 3 N–H and O–H groups in total. The summed E-state index contributed by atoms with van der Waals surface area (Å²) in [5, 5.41) is 0. The Balaban J connectivity index is 1.99. The van der Waals surface area contributed by atoms with Crippen LogP contribution in [0.3, 0.4) is 0 Å².